The average Bonchev–Trinajstić information content (AvgIpc) is 3.30. The quantitative estimate of drug-likeness (QED) is 0.856. The Kier molecular flexibility index (Phi) is 4.60. The largest absolute Gasteiger partial charge is 0.372 e. The van der Waals surface area contributed by atoms with Gasteiger partial charge < -0.3 is 14.4 Å². The first kappa shape index (κ1) is 15.7. The molecule has 1 saturated heterocycles. The molecule has 0 bridgehead atoms. The first-order valence-electron chi connectivity index (χ1n) is 8.29. The zero-order valence-electron chi connectivity index (χ0n) is 13.3. The molecule has 2 aliphatic rings. The minimum absolute atomic E-state index is 0.0232. The summed E-state index contributed by atoms with van der Waals surface area (Å²) in [5.41, 5.74) is 1.70. The van der Waals surface area contributed by atoms with E-state index in [2.05, 4.69) is 4.98 Å². The Morgan fingerprint density at radius 3 is 3.12 bits per heavy atom. The Balaban J connectivity index is 1.42. The third-order valence-electron chi connectivity index (χ3n) is 4.74. The van der Waals surface area contributed by atoms with Gasteiger partial charge in [-0.15, -0.1) is 0 Å². The molecule has 2 fully saturated rings. The van der Waals surface area contributed by atoms with Gasteiger partial charge in [-0.05, 0) is 36.4 Å². The van der Waals surface area contributed by atoms with Gasteiger partial charge in [0.25, 0.3) is 5.91 Å². The van der Waals surface area contributed by atoms with Gasteiger partial charge in [-0.2, -0.15) is 11.3 Å². The molecular formula is C18H20N2O3S. The first-order chi connectivity index (χ1) is 11.8. The van der Waals surface area contributed by atoms with Crippen molar-refractivity contribution in [2.24, 2.45) is 0 Å². The standard InChI is InChI=1S/C18H20N2O3S/c21-18(13-6-10-24-12-13)20-8-9-22-17-15(20)4-5-16(17)23-11-14-3-1-2-7-19-14/h1-3,6-7,10,12,15-17H,4-5,8-9,11H2/t15-,16-,17-/m1/s1. The number of amides is 1. The van der Waals surface area contributed by atoms with E-state index in [1.54, 1.807) is 17.5 Å². The van der Waals surface area contributed by atoms with Crippen molar-refractivity contribution in [1.82, 2.24) is 9.88 Å². The third-order valence-corrected chi connectivity index (χ3v) is 5.42. The molecule has 4 rings (SSSR count). The lowest BCUT2D eigenvalue weighted by Gasteiger charge is -2.39. The smallest absolute Gasteiger partial charge is 0.255 e. The predicted molar refractivity (Wildman–Crippen MR) is 90.9 cm³/mol. The van der Waals surface area contributed by atoms with Crippen LogP contribution in [0.5, 0.6) is 0 Å². The summed E-state index contributed by atoms with van der Waals surface area (Å²) in [5.74, 6) is 0.111. The van der Waals surface area contributed by atoms with E-state index in [1.807, 2.05) is 39.9 Å². The summed E-state index contributed by atoms with van der Waals surface area (Å²) in [7, 11) is 0. The molecule has 5 nitrogen and oxygen atoms in total. The SMILES string of the molecule is O=C(c1ccsc1)N1CCO[C@@H]2[C@H]1CC[C@H]2OCc1ccccn1. The van der Waals surface area contributed by atoms with E-state index in [-0.39, 0.29) is 24.2 Å². The topological polar surface area (TPSA) is 51.7 Å². The van der Waals surface area contributed by atoms with Crippen LogP contribution in [0.3, 0.4) is 0 Å². The average molecular weight is 344 g/mol. The molecule has 6 heteroatoms. The molecule has 1 saturated carbocycles. The summed E-state index contributed by atoms with van der Waals surface area (Å²) in [6.07, 6.45) is 3.59. The molecule has 0 spiro atoms. The highest BCUT2D eigenvalue weighted by Gasteiger charge is 2.45. The van der Waals surface area contributed by atoms with Crippen LogP contribution in [-0.2, 0) is 16.1 Å². The number of rotatable bonds is 4. The predicted octanol–water partition coefficient (Wildman–Crippen LogP) is 2.73. The summed E-state index contributed by atoms with van der Waals surface area (Å²) in [6, 6.07) is 7.82. The van der Waals surface area contributed by atoms with Gasteiger partial charge in [-0.1, -0.05) is 6.07 Å². The van der Waals surface area contributed by atoms with E-state index >= 15 is 0 Å². The molecular weight excluding hydrogens is 324 g/mol. The van der Waals surface area contributed by atoms with Gasteiger partial charge >= 0.3 is 0 Å². The van der Waals surface area contributed by atoms with Crippen LogP contribution in [0.15, 0.2) is 41.2 Å². The molecule has 3 atom stereocenters. The number of aromatic nitrogens is 1. The number of carbonyl (C=O) groups excluding carboxylic acids is 1. The summed E-state index contributed by atoms with van der Waals surface area (Å²) < 4.78 is 12.0. The zero-order valence-corrected chi connectivity index (χ0v) is 14.2. The highest BCUT2D eigenvalue weighted by atomic mass is 32.1. The molecule has 126 valence electrons. The Bertz CT molecular complexity index is 677. The molecule has 24 heavy (non-hydrogen) atoms. The summed E-state index contributed by atoms with van der Waals surface area (Å²) >= 11 is 1.55. The normalized spacial score (nSPS) is 26.3. The van der Waals surface area contributed by atoms with E-state index in [0.29, 0.717) is 19.8 Å². The van der Waals surface area contributed by atoms with Crippen molar-refractivity contribution in [3.63, 3.8) is 0 Å². The number of fused-ring (bicyclic) bond motifs is 1. The minimum atomic E-state index is -0.0370. The number of pyridine rings is 1. The lowest BCUT2D eigenvalue weighted by molar-refractivity contribution is -0.109. The second-order valence-electron chi connectivity index (χ2n) is 6.16. The van der Waals surface area contributed by atoms with Crippen LogP contribution in [0, 0.1) is 0 Å². The van der Waals surface area contributed by atoms with E-state index < -0.39 is 0 Å². The van der Waals surface area contributed by atoms with E-state index in [4.69, 9.17) is 9.47 Å². The number of ether oxygens (including phenoxy) is 2. The third kappa shape index (κ3) is 3.09. The maximum absolute atomic E-state index is 12.7. The molecule has 1 amide bonds. The number of hydrogen-bond donors (Lipinski definition) is 0. The Hall–Kier alpha value is -1.76. The Morgan fingerprint density at radius 2 is 2.33 bits per heavy atom. The fourth-order valence-electron chi connectivity index (χ4n) is 3.57. The lowest BCUT2D eigenvalue weighted by atomic mass is 10.1. The van der Waals surface area contributed by atoms with Crippen molar-refractivity contribution in [3.8, 4) is 0 Å². The maximum atomic E-state index is 12.7. The molecule has 1 aliphatic carbocycles. The number of thiophene rings is 1. The van der Waals surface area contributed by atoms with Crippen LogP contribution in [0.4, 0.5) is 0 Å². The molecule has 0 radical (unpaired) electrons. The summed E-state index contributed by atoms with van der Waals surface area (Å²) in [5, 5.41) is 3.86. The highest BCUT2D eigenvalue weighted by Crippen LogP contribution is 2.33. The first-order valence-corrected chi connectivity index (χ1v) is 9.23. The second kappa shape index (κ2) is 7.01. The number of carbonyl (C=O) groups is 1. The van der Waals surface area contributed by atoms with Gasteiger partial charge in [0, 0.05) is 18.1 Å². The van der Waals surface area contributed by atoms with Gasteiger partial charge in [0.05, 0.1) is 36.6 Å². The van der Waals surface area contributed by atoms with E-state index in [1.165, 1.54) is 0 Å². The molecule has 3 heterocycles. The minimum Gasteiger partial charge on any atom is -0.372 e. The number of nitrogens with zero attached hydrogens (tertiary/aromatic N) is 2. The molecule has 2 aromatic rings. The van der Waals surface area contributed by atoms with Crippen molar-refractivity contribution < 1.29 is 14.3 Å². The number of hydrogen-bond acceptors (Lipinski definition) is 5. The summed E-state index contributed by atoms with van der Waals surface area (Å²) in [6.45, 7) is 1.71. The van der Waals surface area contributed by atoms with Gasteiger partial charge in [0.2, 0.25) is 0 Å². The second-order valence-corrected chi connectivity index (χ2v) is 6.94. The Morgan fingerprint density at radius 1 is 1.38 bits per heavy atom. The Labute approximate surface area is 145 Å². The lowest BCUT2D eigenvalue weighted by Crippen LogP contribution is -2.53. The van der Waals surface area contributed by atoms with Crippen molar-refractivity contribution in [2.45, 2.75) is 37.7 Å². The highest BCUT2D eigenvalue weighted by molar-refractivity contribution is 7.08. The molecule has 1 aliphatic heterocycles. The van der Waals surface area contributed by atoms with E-state index in [0.717, 1.165) is 24.1 Å². The fourth-order valence-corrected chi connectivity index (χ4v) is 4.20. The number of morpholine rings is 1. The van der Waals surface area contributed by atoms with Crippen molar-refractivity contribution in [3.05, 3.63) is 52.5 Å². The van der Waals surface area contributed by atoms with Crippen LogP contribution < -0.4 is 0 Å². The van der Waals surface area contributed by atoms with E-state index in [9.17, 15) is 4.79 Å². The fraction of sp³-hybridized carbons (Fsp3) is 0.444. The van der Waals surface area contributed by atoms with Crippen LogP contribution in [-0.4, -0.2) is 47.2 Å². The van der Waals surface area contributed by atoms with Gasteiger partial charge in [-0.3, -0.25) is 9.78 Å². The summed E-state index contributed by atoms with van der Waals surface area (Å²) in [4.78, 5) is 19.0. The molecule has 0 aromatic carbocycles. The zero-order chi connectivity index (χ0) is 16.4. The molecule has 0 unspecified atom stereocenters. The van der Waals surface area contributed by atoms with Gasteiger partial charge in [-0.25, -0.2) is 0 Å². The van der Waals surface area contributed by atoms with Crippen LogP contribution in [0.25, 0.3) is 0 Å². The van der Waals surface area contributed by atoms with Gasteiger partial charge in [0.1, 0.15) is 6.10 Å². The van der Waals surface area contributed by atoms with Crippen molar-refractivity contribution >= 4 is 17.2 Å². The molecule has 0 N–H and O–H groups in total. The maximum Gasteiger partial charge on any atom is 0.255 e. The van der Waals surface area contributed by atoms with Crippen LogP contribution in [0.2, 0.25) is 0 Å². The monoisotopic (exact) mass is 344 g/mol. The van der Waals surface area contributed by atoms with Crippen molar-refractivity contribution in [2.75, 3.05) is 13.2 Å². The van der Waals surface area contributed by atoms with Crippen molar-refractivity contribution in [1.29, 1.82) is 0 Å². The van der Waals surface area contributed by atoms with Gasteiger partial charge in [0.15, 0.2) is 0 Å². The van der Waals surface area contributed by atoms with Crippen LogP contribution >= 0.6 is 11.3 Å². The molecule has 2 aromatic heterocycles. The van der Waals surface area contributed by atoms with Crippen LogP contribution in [0.1, 0.15) is 28.9 Å².